The van der Waals surface area contributed by atoms with Crippen LogP contribution in [0.4, 0.5) is 19.2 Å². The average molecular weight is 521 g/mol. The SMILES string of the molecule is O=C(CNC(=O)c1cccc(C(F)(F)F)c1)NC1CN(C2CCC(c3noc(N4CCCC4)n3)CC2)C1. The van der Waals surface area contributed by atoms with Gasteiger partial charge in [0.25, 0.3) is 5.91 Å². The van der Waals surface area contributed by atoms with Gasteiger partial charge in [0.15, 0.2) is 5.82 Å². The Morgan fingerprint density at radius 1 is 1.08 bits per heavy atom. The molecule has 0 bridgehead atoms. The van der Waals surface area contributed by atoms with Gasteiger partial charge in [-0.25, -0.2) is 0 Å². The fourth-order valence-corrected chi connectivity index (χ4v) is 5.41. The van der Waals surface area contributed by atoms with Crippen molar-refractivity contribution >= 4 is 17.8 Å². The third-order valence-electron chi connectivity index (χ3n) is 7.52. The predicted octanol–water partition coefficient (Wildman–Crippen LogP) is 2.95. The molecule has 0 radical (unpaired) electrons. The van der Waals surface area contributed by atoms with E-state index in [0.29, 0.717) is 18.0 Å². The van der Waals surface area contributed by atoms with Crippen LogP contribution in [-0.2, 0) is 11.0 Å². The second-order valence-corrected chi connectivity index (χ2v) is 10.1. The molecule has 3 aliphatic rings. The fraction of sp³-hybridized carbons (Fsp3) is 0.600. The smallest absolute Gasteiger partial charge is 0.349 e. The second kappa shape index (κ2) is 10.7. The lowest BCUT2D eigenvalue weighted by Crippen LogP contribution is -2.63. The van der Waals surface area contributed by atoms with Crippen molar-refractivity contribution in [3.63, 3.8) is 0 Å². The third kappa shape index (κ3) is 6.06. The van der Waals surface area contributed by atoms with Crippen LogP contribution in [0.15, 0.2) is 28.8 Å². The van der Waals surface area contributed by atoms with Gasteiger partial charge in [0.05, 0.1) is 18.2 Å². The lowest BCUT2D eigenvalue weighted by molar-refractivity contribution is -0.137. The first kappa shape index (κ1) is 25.5. The van der Waals surface area contributed by atoms with Crippen LogP contribution < -0.4 is 15.5 Å². The zero-order valence-electron chi connectivity index (χ0n) is 20.5. The first-order chi connectivity index (χ1) is 17.8. The Balaban J connectivity index is 1.00. The first-order valence-corrected chi connectivity index (χ1v) is 12.8. The fourth-order valence-electron chi connectivity index (χ4n) is 5.41. The molecule has 3 fully saturated rings. The molecule has 0 spiro atoms. The maximum atomic E-state index is 12.8. The Morgan fingerprint density at radius 3 is 2.51 bits per heavy atom. The molecule has 2 aliphatic heterocycles. The van der Waals surface area contributed by atoms with Crippen LogP contribution in [0.2, 0.25) is 0 Å². The highest BCUT2D eigenvalue weighted by Gasteiger charge is 2.36. The van der Waals surface area contributed by atoms with E-state index in [9.17, 15) is 22.8 Å². The van der Waals surface area contributed by atoms with Crippen molar-refractivity contribution in [2.45, 2.75) is 62.7 Å². The molecule has 1 saturated carbocycles. The number of halogens is 3. The van der Waals surface area contributed by atoms with E-state index in [4.69, 9.17) is 4.52 Å². The molecule has 2 N–H and O–H groups in total. The van der Waals surface area contributed by atoms with E-state index < -0.39 is 17.6 Å². The van der Waals surface area contributed by atoms with E-state index in [1.54, 1.807) is 0 Å². The summed E-state index contributed by atoms with van der Waals surface area (Å²) in [4.78, 5) is 33.5. The van der Waals surface area contributed by atoms with Crippen molar-refractivity contribution in [1.29, 1.82) is 0 Å². The number of nitrogens with one attached hydrogen (secondary N) is 2. The minimum atomic E-state index is -4.53. The molecular weight excluding hydrogens is 489 g/mol. The molecule has 1 aromatic carbocycles. The Hall–Kier alpha value is -3.15. The number of anilines is 1. The number of carbonyl (C=O) groups is 2. The highest BCUT2D eigenvalue weighted by Crippen LogP contribution is 2.35. The van der Waals surface area contributed by atoms with Crippen molar-refractivity contribution in [1.82, 2.24) is 25.7 Å². The minimum Gasteiger partial charge on any atom is -0.349 e. The van der Waals surface area contributed by atoms with Gasteiger partial charge in [0, 0.05) is 43.7 Å². The number of likely N-dealkylation sites (tertiary alicyclic amines) is 1. The maximum Gasteiger partial charge on any atom is 0.416 e. The number of aromatic nitrogens is 2. The van der Waals surface area contributed by atoms with Crippen LogP contribution in [-0.4, -0.2) is 71.7 Å². The number of benzene rings is 1. The minimum absolute atomic E-state index is 0.00379. The van der Waals surface area contributed by atoms with Crippen LogP contribution in [0.3, 0.4) is 0 Å². The number of rotatable bonds is 7. The Labute approximate surface area is 212 Å². The van der Waals surface area contributed by atoms with E-state index in [-0.39, 0.29) is 24.1 Å². The molecule has 1 aliphatic carbocycles. The Morgan fingerprint density at radius 2 is 1.81 bits per heavy atom. The molecule has 200 valence electrons. The number of amides is 2. The van der Waals surface area contributed by atoms with Crippen LogP contribution in [0.5, 0.6) is 0 Å². The van der Waals surface area contributed by atoms with Crippen molar-refractivity contribution in [3.05, 3.63) is 41.2 Å². The largest absolute Gasteiger partial charge is 0.416 e. The number of hydrogen-bond acceptors (Lipinski definition) is 7. The van der Waals surface area contributed by atoms with Gasteiger partial charge >= 0.3 is 12.2 Å². The van der Waals surface area contributed by atoms with Crippen molar-refractivity contribution in [2.24, 2.45) is 0 Å². The molecule has 5 rings (SSSR count). The topological polar surface area (TPSA) is 104 Å². The van der Waals surface area contributed by atoms with E-state index in [0.717, 1.165) is 82.7 Å². The van der Waals surface area contributed by atoms with Crippen LogP contribution >= 0.6 is 0 Å². The summed E-state index contributed by atoms with van der Waals surface area (Å²) in [5, 5.41) is 9.50. The van der Waals surface area contributed by atoms with E-state index >= 15 is 0 Å². The third-order valence-corrected chi connectivity index (χ3v) is 7.52. The van der Waals surface area contributed by atoms with Crippen LogP contribution in [0.1, 0.15) is 66.2 Å². The van der Waals surface area contributed by atoms with E-state index in [1.807, 2.05) is 0 Å². The molecule has 0 unspecified atom stereocenters. The summed E-state index contributed by atoms with van der Waals surface area (Å²) in [6.07, 6.45) is 1.85. The summed E-state index contributed by atoms with van der Waals surface area (Å²) in [6, 6.07) is 5.22. The van der Waals surface area contributed by atoms with E-state index in [2.05, 4.69) is 30.6 Å². The standard InChI is InChI=1S/C25H31F3N6O3/c26-25(27,28)18-5-3-4-17(12-18)23(36)29-13-21(35)30-19-14-34(15-19)20-8-6-16(7-9-20)22-31-24(37-32-22)33-10-1-2-11-33/h3-5,12,16,19-20H,1-2,6-11,13-15H2,(H,29,36)(H,30,35). The highest BCUT2D eigenvalue weighted by molar-refractivity contribution is 5.96. The molecule has 2 amide bonds. The molecule has 2 saturated heterocycles. The second-order valence-electron chi connectivity index (χ2n) is 10.1. The van der Waals surface area contributed by atoms with Gasteiger partial charge in [0.1, 0.15) is 0 Å². The number of alkyl halides is 3. The van der Waals surface area contributed by atoms with Crippen LogP contribution in [0, 0.1) is 0 Å². The lowest BCUT2D eigenvalue weighted by atomic mass is 9.83. The highest BCUT2D eigenvalue weighted by atomic mass is 19.4. The molecule has 0 atom stereocenters. The number of hydrogen-bond donors (Lipinski definition) is 2. The lowest BCUT2D eigenvalue weighted by Gasteiger charge is -2.46. The van der Waals surface area contributed by atoms with Gasteiger partial charge in [-0.3, -0.25) is 14.5 Å². The Bertz CT molecular complexity index is 1100. The first-order valence-electron chi connectivity index (χ1n) is 12.8. The summed E-state index contributed by atoms with van der Waals surface area (Å²) in [6.45, 7) is 3.14. The van der Waals surface area contributed by atoms with Gasteiger partial charge in [-0.15, -0.1) is 0 Å². The summed E-state index contributed by atoms with van der Waals surface area (Å²) >= 11 is 0. The average Bonchev–Trinajstić information content (AvgIpc) is 3.57. The molecule has 12 heteroatoms. The van der Waals surface area contributed by atoms with Crippen LogP contribution in [0.25, 0.3) is 0 Å². The molecule has 3 heterocycles. The van der Waals surface area contributed by atoms with Gasteiger partial charge < -0.3 is 20.1 Å². The van der Waals surface area contributed by atoms with Crippen molar-refractivity contribution < 1.29 is 27.3 Å². The summed E-state index contributed by atoms with van der Waals surface area (Å²) in [5.74, 6) is 0.0387. The van der Waals surface area contributed by atoms with Gasteiger partial charge in [-0.2, -0.15) is 18.2 Å². The quantitative estimate of drug-likeness (QED) is 0.579. The zero-order valence-corrected chi connectivity index (χ0v) is 20.5. The van der Waals surface area contributed by atoms with Crippen molar-refractivity contribution in [3.8, 4) is 0 Å². The molecule has 1 aromatic heterocycles. The summed E-state index contributed by atoms with van der Waals surface area (Å²) in [7, 11) is 0. The number of carbonyl (C=O) groups excluding carboxylic acids is 2. The maximum absolute atomic E-state index is 12.8. The summed E-state index contributed by atoms with van der Waals surface area (Å²) in [5.41, 5.74) is -1.04. The summed E-state index contributed by atoms with van der Waals surface area (Å²) < 4.78 is 44.0. The monoisotopic (exact) mass is 520 g/mol. The zero-order chi connectivity index (χ0) is 26.0. The molecule has 9 nitrogen and oxygen atoms in total. The van der Waals surface area contributed by atoms with Gasteiger partial charge in [0.2, 0.25) is 5.91 Å². The molecule has 2 aromatic rings. The molecular formula is C25H31F3N6O3. The van der Waals surface area contributed by atoms with Crippen molar-refractivity contribution in [2.75, 3.05) is 37.6 Å². The van der Waals surface area contributed by atoms with E-state index in [1.165, 1.54) is 12.1 Å². The van der Waals surface area contributed by atoms with Gasteiger partial charge in [-0.05, 0) is 56.7 Å². The predicted molar refractivity (Wildman–Crippen MR) is 128 cm³/mol. The van der Waals surface area contributed by atoms with Gasteiger partial charge in [-0.1, -0.05) is 11.2 Å². The number of nitrogens with zero attached hydrogens (tertiary/aromatic N) is 4. The normalized spacial score (nSPS) is 23.1. The Kier molecular flexibility index (Phi) is 7.36. The molecule has 37 heavy (non-hydrogen) atoms.